The molecule has 1 aliphatic heterocycles. The number of aldehydes is 1. The lowest BCUT2D eigenvalue weighted by atomic mass is 9.95. The fraction of sp³-hybridized carbons (Fsp3) is 0.588. The summed E-state index contributed by atoms with van der Waals surface area (Å²) in [6.45, 7) is 10.3. The number of rotatable bonds is 5. The molecule has 1 fully saturated rings. The van der Waals surface area contributed by atoms with Crippen molar-refractivity contribution in [1.29, 1.82) is 0 Å². The number of carbonyl (C=O) groups excluding carboxylic acids is 1. The fourth-order valence-corrected chi connectivity index (χ4v) is 3.30. The first kappa shape index (κ1) is 17.3. The van der Waals surface area contributed by atoms with E-state index in [1.165, 1.54) is 5.69 Å². The van der Waals surface area contributed by atoms with Gasteiger partial charge in [-0.2, -0.15) is 0 Å². The van der Waals surface area contributed by atoms with Crippen molar-refractivity contribution < 1.29 is 4.79 Å². The van der Waals surface area contributed by atoms with Crippen LogP contribution >= 0.6 is 11.6 Å². The van der Waals surface area contributed by atoms with E-state index >= 15 is 0 Å². The number of piperazine rings is 1. The van der Waals surface area contributed by atoms with Gasteiger partial charge in [0.15, 0.2) is 0 Å². The molecule has 122 valence electrons. The van der Waals surface area contributed by atoms with Gasteiger partial charge in [-0.3, -0.25) is 4.90 Å². The number of hydrogen-bond donors (Lipinski definition) is 1. The van der Waals surface area contributed by atoms with E-state index in [1.807, 2.05) is 19.1 Å². The standard InChI is InChI=1S/C17H26ClN3O/c1-13(16(19)11-22)10-20-8-9-21(17(2,3)12-20)15-6-4-14(18)5-7-15/h4-7,11,13,16H,8-10,12,19H2,1-3H3. The second-order valence-electron chi connectivity index (χ2n) is 6.87. The third kappa shape index (κ3) is 4.00. The molecule has 0 spiro atoms. The molecule has 4 nitrogen and oxygen atoms in total. The number of hydrogen-bond acceptors (Lipinski definition) is 4. The van der Waals surface area contributed by atoms with Gasteiger partial charge in [0.2, 0.25) is 0 Å². The number of halogens is 1. The summed E-state index contributed by atoms with van der Waals surface area (Å²) in [7, 11) is 0. The lowest BCUT2D eigenvalue weighted by molar-refractivity contribution is -0.109. The Morgan fingerprint density at radius 2 is 1.95 bits per heavy atom. The summed E-state index contributed by atoms with van der Waals surface area (Å²) in [5.74, 6) is 0.176. The van der Waals surface area contributed by atoms with Gasteiger partial charge in [0.25, 0.3) is 0 Å². The summed E-state index contributed by atoms with van der Waals surface area (Å²) in [5, 5.41) is 0.761. The van der Waals surface area contributed by atoms with Gasteiger partial charge in [0, 0.05) is 42.4 Å². The Kier molecular flexibility index (Phi) is 5.48. The van der Waals surface area contributed by atoms with E-state index in [0.29, 0.717) is 0 Å². The van der Waals surface area contributed by atoms with Crippen molar-refractivity contribution in [2.45, 2.75) is 32.4 Å². The lowest BCUT2D eigenvalue weighted by Crippen LogP contribution is -2.60. The average Bonchev–Trinajstić information content (AvgIpc) is 2.47. The van der Waals surface area contributed by atoms with Crippen LogP contribution < -0.4 is 10.6 Å². The average molecular weight is 324 g/mol. The summed E-state index contributed by atoms with van der Waals surface area (Å²) in [4.78, 5) is 15.6. The number of nitrogens with two attached hydrogens (primary N) is 1. The SMILES string of the molecule is CC(CN1CCN(c2ccc(Cl)cc2)C(C)(C)C1)C(N)C=O. The van der Waals surface area contributed by atoms with Crippen molar-refractivity contribution in [2.24, 2.45) is 11.7 Å². The van der Waals surface area contributed by atoms with Crippen LogP contribution in [0.2, 0.25) is 5.02 Å². The molecule has 2 unspecified atom stereocenters. The normalized spacial score (nSPS) is 21.4. The highest BCUT2D eigenvalue weighted by molar-refractivity contribution is 6.30. The molecular formula is C17H26ClN3O. The summed E-state index contributed by atoms with van der Waals surface area (Å²) in [6.07, 6.45) is 0.847. The van der Waals surface area contributed by atoms with E-state index < -0.39 is 0 Å². The smallest absolute Gasteiger partial charge is 0.137 e. The van der Waals surface area contributed by atoms with E-state index in [9.17, 15) is 4.79 Å². The third-order valence-electron chi connectivity index (χ3n) is 4.48. The highest BCUT2D eigenvalue weighted by Gasteiger charge is 2.34. The largest absolute Gasteiger partial charge is 0.364 e. The van der Waals surface area contributed by atoms with Crippen molar-refractivity contribution >= 4 is 23.6 Å². The molecule has 0 saturated carbocycles. The van der Waals surface area contributed by atoms with Crippen LogP contribution in [0.4, 0.5) is 5.69 Å². The molecule has 1 aromatic carbocycles. The van der Waals surface area contributed by atoms with Gasteiger partial charge in [-0.05, 0) is 44.0 Å². The number of carbonyl (C=O) groups is 1. The monoisotopic (exact) mass is 323 g/mol. The second kappa shape index (κ2) is 6.99. The summed E-state index contributed by atoms with van der Waals surface area (Å²) >= 11 is 5.98. The molecule has 0 aliphatic carbocycles. The number of nitrogens with zero attached hydrogens (tertiary/aromatic N) is 2. The minimum atomic E-state index is -0.377. The molecule has 2 rings (SSSR count). The maximum absolute atomic E-state index is 10.8. The first-order valence-electron chi connectivity index (χ1n) is 7.80. The number of anilines is 1. The summed E-state index contributed by atoms with van der Waals surface area (Å²) < 4.78 is 0. The van der Waals surface area contributed by atoms with Crippen molar-refractivity contribution in [3.63, 3.8) is 0 Å². The Morgan fingerprint density at radius 3 is 2.50 bits per heavy atom. The maximum Gasteiger partial charge on any atom is 0.137 e. The van der Waals surface area contributed by atoms with Crippen LogP contribution in [0.15, 0.2) is 24.3 Å². The Labute approximate surface area is 138 Å². The van der Waals surface area contributed by atoms with Crippen molar-refractivity contribution in [3.05, 3.63) is 29.3 Å². The van der Waals surface area contributed by atoms with Crippen LogP contribution in [0, 0.1) is 5.92 Å². The van der Waals surface area contributed by atoms with Crippen LogP contribution in [0.1, 0.15) is 20.8 Å². The summed E-state index contributed by atoms with van der Waals surface area (Å²) in [5.41, 5.74) is 7.04. The van der Waals surface area contributed by atoms with Crippen LogP contribution in [0.3, 0.4) is 0 Å². The Morgan fingerprint density at radius 1 is 1.32 bits per heavy atom. The van der Waals surface area contributed by atoms with Gasteiger partial charge < -0.3 is 15.4 Å². The van der Waals surface area contributed by atoms with Crippen molar-refractivity contribution in [3.8, 4) is 0 Å². The highest BCUT2D eigenvalue weighted by atomic mass is 35.5. The molecule has 2 N–H and O–H groups in total. The van der Waals surface area contributed by atoms with Gasteiger partial charge in [0.1, 0.15) is 6.29 Å². The first-order chi connectivity index (χ1) is 10.3. The Bertz CT molecular complexity index is 503. The predicted molar refractivity (Wildman–Crippen MR) is 92.5 cm³/mol. The molecule has 1 aliphatic rings. The molecular weight excluding hydrogens is 298 g/mol. The molecule has 2 atom stereocenters. The minimum absolute atomic E-state index is 0.0249. The highest BCUT2D eigenvalue weighted by Crippen LogP contribution is 2.29. The molecule has 5 heteroatoms. The zero-order valence-electron chi connectivity index (χ0n) is 13.6. The van der Waals surface area contributed by atoms with Crippen LogP contribution in [-0.2, 0) is 4.79 Å². The quantitative estimate of drug-likeness (QED) is 0.845. The van der Waals surface area contributed by atoms with Gasteiger partial charge >= 0.3 is 0 Å². The second-order valence-corrected chi connectivity index (χ2v) is 7.30. The van der Waals surface area contributed by atoms with Crippen LogP contribution in [-0.4, -0.2) is 48.9 Å². The van der Waals surface area contributed by atoms with E-state index in [4.69, 9.17) is 17.3 Å². The van der Waals surface area contributed by atoms with Crippen LogP contribution in [0.5, 0.6) is 0 Å². The molecule has 1 aromatic rings. The van der Waals surface area contributed by atoms with Gasteiger partial charge in [-0.1, -0.05) is 18.5 Å². The van der Waals surface area contributed by atoms with E-state index in [1.54, 1.807) is 0 Å². The molecule has 1 saturated heterocycles. The van der Waals surface area contributed by atoms with Gasteiger partial charge in [0.05, 0.1) is 6.04 Å². The zero-order chi connectivity index (χ0) is 16.3. The first-order valence-corrected chi connectivity index (χ1v) is 8.18. The minimum Gasteiger partial charge on any atom is -0.364 e. The molecule has 1 heterocycles. The Hall–Kier alpha value is -1.10. The third-order valence-corrected chi connectivity index (χ3v) is 4.73. The molecule has 0 amide bonds. The van der Waals surface area contributed by atoms with E-state index in [0.717, 1.165) is 37.5 Å². The molecule has 0 radical (unpaired) electrons. The molecule has 0 aromatic heterocycles. The van der Waals surface area contributed by atoms with Crippen molar-refractivity contribution in [1.82, 2.24) is 4.90 Å². The molecule has 0 bridgehead atoms. The lowest BCUT2D eigenvalue weighted by Gasteiger charge is -2.49. The summed E-state index contributed by atoms with van der Waals surface area (Å²) in [6, 6.07) is 7.64. The maximum atomic E-state index is 10.8. The topological polar surface area (TPSA) is 49.6 Å². The van der Waals surface area contributed by atoms with Gasteiger partial charge in [-0.25, -0.2) is 0 Å². The van der Waals surface area contributed by atoms with Gasteiger partial charge in [-0.15, -0.1) is 0 Å². The van der Waals surface area contributed by atoms with E-state index in [2.05, 4.69) is 35.8 Å². The fourth-order valence-electron chi connectivity index (χ4n) is 3.17. The zero-order valence-corrected chi connectivity index (χ0v) is 14.4. The number of benzene rings is 1. The van der Waals surface area contributed by atoms with Crippen molar-refractivity contribution in [2.75, 3.05) is 31.1 Å². The Balaban J connectivity index is 2.03. The van der Waals surface area contributed by atoms with E-state index in [-0.39, 0.29) is 17.5 Å². The molecule has 22 heavy (non-hydrogen) atoms. The van der Waals surface area contributed by atoms with Crippen LogP contribution in [0.25, 0.3) is 0 Å². The predicted octanol–water partition coefficient (Wildman–Crippen LogP) is 2.40.